The molecule has 0 radical (unpaired) electrons. The molecule has 0 saturated heterocycles. The number of carbonyl (C=O) groups is 1. The van der Waals surface area contributed by atoms with Crippen LogP contribution in [0, 0.1) is 0 Å². The van der Waals surface area contributed by atoms with E-state index in [0.717, 1.165) is 44.4 Å². The Morgan fingerprint density at radius 2 is 1.90 bits per heavy atom. The van der Waals surface area contributed by atoms with Crippen molar-refractivity contribution in [1.82, 2.24) is 20.2 Å². The van der Waals surface area contributed by atoms with E-state index in [0.29, 0.717) is 35.2 Å². The summed E-state index contributed by atoms with van der Waals surface area (Å²) in [5, 5.41) is 12.2. The number of rotatable bonds is 6. The van der Waals surface area contributed by atoms with Crippen molar-refractivity contribution >= 4 is 34.4 Å². The number of ketones is 1. The van der Waals surface area contributed by atoms with Gasteiger partial charge in [-0.2, -0.15) is 5.10 Å². The second-order valence-electron chi connectivity index (χ2n) is 9.61. The van der Waals surface area contributed by atoms with Gasteiger partial charge in [0.2, 0.25) is 0 Å². The highest BCUT2D eigenvalue weighted by atomic mass is 32.2. The fourth-order valence-electron chi connectivity index (χ4n) is 5.56. The number of allylic oxidation sites excluding steroid dienone is 2. The number of anilines is 1. The smallest absolute Gasteiger partial charge is 0.174 e. The van der Waals surface area contributed by atoms with Gasteiger partial charge in [-0.1, -0.05) is 18.2 Å². The fourth-order valence-corrected chi connectivity index (χ4v) is 6.33. The van der Waals surface area contributed by atoms with Gasteiger partial charge < -0.3 is 24.2 Å². The van der Waals surface area contributed by atoms with Gasteiger partial charge in [0.1, 0.15) is 11.6 Å². The molecule has 5 aromatic rings. The van der Waals surface area contributed by atoms with Crippen LogP contribution in [0.3, 0.4) is 0 Å². The fraction of sp³-hybridized carbons (Fsp3) is 0.207. The van der Waals surface area contributed by atoms with Crippen molar-refractivity contribution in [2.24, 2.45) is 0 Å². The maximum absolute atomic E-state index is 13.8. The quantitative estimate of drug-likeness (QED) is 0.240. The number of methoxy groups -OCH3 is 2. The Hall–Kier alpha value is -4.44. The first-order chi connectivity index (χ1) is 19.1. The highest BCUT2D eigenvalue weighted by molar-refractivity contribution is 7.99. The lowest BCUT2D eigenvalue weighted by Crippen LogP contribution is -2.29. The molecule has 2 atom stereocenters. The van der Waals surface area contributed by atoms with Crippen molar-refractivity contribution in [1.29, 1.82) is 0 Å². The van der Waals surface area contributed by atoms with E-state index in [9.17, 15) is 4.79 Å². The number of Topliss-reactive ketones (excluding diaryl/α,β-unsaturated/α-hetero) is 1. The van der Waals surface area contributed by atoms with Gasteiger partial charge in [0.25, 0.3) is 0 Å². The number of nitrogens with one attached hydrogen (secondary N) is 3. The average molecular weight is 540 g/mol. The van der Waals surface area contributed by atoms with E-state index >= 15 is 0 Å². The number of aromatic nitrogens is 4. The molecule has 2 aliphatic rings. The van der Waals surface area contributed by atoms with E-state index in [-0.39, 0.29) is 17.6 Å². The molecule has 4 heterocycles. The first-order valence-corrected chi connectivity index (χ1v) is 13.4. The van der Waals surface area contributed by atoms with E-state index in [1.54, 1.807) is 20.4 Å². The van der Waals surface area contributed by atoms with E-state index in [4.69, 9.17) is 13.9 Å². The van der Waals surface area contributed by atoms with Gasteiger partial charge in [-0.25, -0.2) is 4.98 Å². The zero-order valence-corrected chi connectivity index (χ0v) is 22.1. The summed E-state index contributed by atoms with van der Waals surface area (Å²) in [6, 6.07) is 17.6. The number of hydrogen-bond acceptors (Lipinski definition) is 8. The number of carbonyl (C=O) groups excluding carboxylic acids is 1. The lowest BCUT2D eigenvalue weighted by molar-refractivity contribution is -0.116. The molecule has 196 valence electrons. The predicted molar refractivity (Wildman–Crippen MR) is 147 cm³/mol. The van der Waals surface area contributed by atoms with E-state index in [1.165, 1.54) is 11.8 Å². The molecule has 0 bridgehead atoms. The molecule has 7 rings (SSSR count). The number of nitrogens with zero attached hydrogens (tertiary/aromatic N) is 2. The molecule has 3 aromatic heterocycles. The van der Waals surface area contributed by atoms with Crippen molar-refractivity contribution in [3.63, 3.8) is 0 Å². The molecule has 9 nitrogen and oxygen atoms in total. The third-order valence-electron chi connectivity index (χ3n) is 7.38. The van der Waals surface area contributed by atoms with Crippen LogP contribution in [-0.2, 0) is 4.79 Å². The van der Waals surface area contributed by atoms with Gasteiger partial charge in [0, 0.05) is 23.3 Å². The van der Waals surface area contributed by atoms with E-state index in [2.05, 4.69) is 25.5 Å². The minimum atomic E-state index is -0.348. The molecule has 2 aromatic carbocycles. The molecule has 1 aliphatic carbocycles. The Morgan fingerprint density at radius 3 is 2.74 bits per heavy atom. The Labute approximate surface area is 228 Å². The van der Waals surface area contributed by atoms with Gasteiger partial charge in [-0.3, -0.25) is 9.89 Å². The minimum Gasteiger partial charge on any atom is -0.493 e. The van der Waals surface area contributed by atoms with Crippen LogP contribution in [0.15, 0.2) is 86.7 Å². The predicted octanol–water partition coefficient (Wildman–Crippen LogP) is 6.01. The van der Waals surface area contributed by atoms with Gasteiger partial charge in [-0.15, -0.1) is 0 Å². The Bertz CT molecular complexity index is 1720. The summed E-state index contributed by atoms with van der Waals surface area (Å²) in [7, 11) is 3.23. The molecular weight excluding hydrogens is 514 g/mol. The van der Waals surface area contributed by atoms with Crippen LogP contribution in [0.5, 0.6) is 11.5 Å². The molecule has 0 spiro atoms. The number of imidazole rings is 1. The SMILES string of the molecule is COc1ccc(C2CC(=O)C3=C(C2)Nc2[nH]ncc2C3c2ccc(Sc3nc4ccccc4[nH]3)o2)cc1OC. The van der Waals surface area contributed by atoms with Crippen LogP contribution in [0.25, 0.3) is 11.0 Å². The lowest BCUT2D eigenvalue weighted by atomic mass is 9.74. The summed E-state index contributed by atoms with van der Waals surface area (Å²) >= 11 is 1.42. The maximum atomic E-state index is 13.8. The summed E-state index contributed by atoms with van der Waals surface area (Å²) in [5.41, 5.74) is 5.41. The monoisotopic (exact) mass is 539 g/mol. The van der Waals surface area contributed by atoms with Gasteiger partial charge in [0.05, 0.1) is 37.4 Å². The second-order valence-corrected chi connectivity index (χ2v) is 10.6. The number of furan rings is 1. The zero-order chi connectivity index (χ0) is 26.5. The van der Waals surface area contributed by atoms with Gasteiger partial charge in [0.15, 0.2) is 27.5 Å². The van der Waals surface area contributed by atoms with Gasteiger partial charge in [-0.05, 0) is 66.1 Å². The van der Waals surface area contributed by atoms with Crippen LogP contribution in [-0.4, -0.2) is 40.2 Å². The van der Waals surface area contributed by atoms with Crippen LogP contribution in [0.2, 0.25) is 0 Å². The lowest BCUT2D eigenvalue weighted by Gasteiger charge is -2.34. The minimum absolute atomic E-state index is 0.00415. The zero-order valence-electron chi connectivity index (χ0n) is 21.3. The summed E-state index contributed by atoms with van der Waals surface area (Å²) in [5.74, 6) is 2.53. The molecule has 2 unspecified atom stereocenters. The van der Waals surface area contributed by atoms with Crippen molar-refractivity contribution < 1.29 is 18.7 Å². The van der Waals surface area contributed by atoms with Crippen LogP contribution in [0.1, 0.15) is 41.6 Å². The number of benzene rings is 2. The van der Waals surface area contributed by atoms with Crippen molar-refractivity contribution in [3.05, 3.63) is 89.0 Å². The molecule has 39 heavy (non-hydrogen) atoms. The summed E-state index contributed by atoms with van der Waals surface area (Å²) < 4.78 is 17.2. The molecule has 0 fully saturated rings. The number of hydrogen-bond donors (Lipinski definition) is 3. The Kier molecular flexibility index (Phi) is 5.70. The standard InChI is InChI=1S/C29H25N5O4S/c1-36-22-8-7-15(13-24(22)37-2)16-11-20-27(21(35)12-16)26(17-14-30-34-28(17)31-20)23-9-10-25(38-23)39-29-32-18-5-3-4-6-19(18)33-29/h3-10,13-14,16,26H,11-12H2,1-2H3,(H,32,33)(H2,30,31,34). The van der Waals surface area contributed by atoms with Crippen molar-refractivity contribution in [2.75, 3.05) is 19.5 Å². The summed E-state index contributed by atoms with van der Waals surface area (Å²) in [6.07, 6.45) is 2.83. The van der Waals surface area contributed by atoms with E-state index < -0.39 is 0 Å². The number of H-pyrrole nitrogens is 2. The molecule has 1 aliphatic heterocycles. The summed E-state index contributed by atoms with van der Waals surface area (Å²) in [4.78, 5) is 21.7. The number of ether oxygens (including phenoxy) is 2. The highest BCUT2D eigenvalue weighted by Crippen LogP contribution is 2.48. The first kappa shape index (κ1) is 23.7. The average Bonchev–Trinajstić information content (AvgIpc) is 3.71. The Morgan fingerprint density at radius 1 is 1.03 bits per heavy atom. The highest BCUT2D eigenvalue weighted by Gasteiger charge is 2.40. The van der Waals surface area contributed by atoms with Crippen LogP contribution >= 0.6 is 11.8 Å². The number of para-hydroxylation sites is 2. The molecule has 10 heteroatoms. The normalized spacial score (nSPS) is 18.6. The van der Waals surface area contributed by atoms with Crippen LogP contribution in [0.4, 0.5) is 5.82 Å². The molecular formula is C29H25N5O4S. The first-order valence-electron chi connectivity index (χ1n) is 12.6. The van der Waals surface area contributed by atoms with Gasteiger partial charge >= 0.3 is 0 Å². The third kappa shape index (κ3) is 4.08. The third-order valence-corrected chi connectivity index (χ3v) is 8.19. The topological polar surface area (TPSA) is 118 Å². The van der Waals surface area contributed by atoms with Crippen LogP contribution < -0.4 is 14.8 Å². The number of aromatic amines is 2. The van der Waals surface area contributed by atoms with E-state index in [1.807, 2.05) is 54.6 Å². The van der Waals surface area contributed by atoms with Crippen molar-refractivity contribution in [2.45, 2.75) is 34.9 Å². The summed E-state index contributed by atoms with van der Waals surface area (Å²) in [6.45, 7) is 0. The molecule has 3 N–H and O–H groups in total. The number of fused-ring (bicyclic) bond motifs is 2. The Balaban J connectivity index is 1.21. The molecule has 0 saturated carbocycles. The maximum Gasteiger partial charge on any atom is 0.174 e. The largest absolute Gasteiger partial charge is 0.493 e. The van der Waals surface area contributed by atoms with Crippen molar-refractivity contribution in [3.8, 4) is 11.5 Å². The molecule has 0 amide bonds. The second kappa shape index (κ2) is 9.39.